The molecule has 1 aromatic carbocycles. The van der Waals surface area contributed by atoms with E-state index in [0.29, 0.717) is 5.92 Å². The largest absolute Gasteiger partial charge is 0.298 e. The van der Waals surface area contributed by atoms with Crippen molar-refractivity contribution >= 4 is 0 Å². The normalized spacial score (nSPS) is 17.7. The van der Waals surface area contributed by atoms with Gasteiger partial charge in [-0.25, -0.2) is 4.39 Å². The average molecular weight is 361 g/mol. The molecule has 4 heteroatoms. The summed E-state index contributed by atoms with van der Waals surface area (Å²) >= 11 is 0. The molecule has 2 aromatic heterocycles. The molecular formula is C23H24FN3. The van der Waals surface area contributed by atoms with Crippen molar-refractivity contribution in [3.63, 3.8) is 0 Å². The third kappa shape index (κ3) is 4.77. The third-order valence-electron chi connectivity index (χ3n) is 5.18. The van der Waals surface area contributed by atoms with Gasteiger partial charge in [0.2, 0.25) is 0 Å². The third-order valence-corrected chi connectivity index (χ3v) is 5.18. The molecule has 0 unspecified atom stereocenters. The summed E-state index contributed by atoms with van der Waals surface area (Å²) in [7, 11) is 0. The summed E-state index contributed by atoms with van der Waals surface area (Å²) in [5, 5.41) is 0. The molecule has 1 atom stereocenters. The molecule has 4 rings (SSSR count). The monoisotopic (exact) mass is 361 g/mol. The Morgan fingerprint density at radius 1 is 1.00 bits per heavy atom. The Labute approximate surface area is 159 Å². The Hall–Kier alpha value is -2.59. The molecule has 1 saturated heterocycles. The van der Waals surface area contributed by atoms with E-state index in [1.807, 2.05) is 30.6 Å². The lowest BCUT2D eigenvalue weighted by atomic mass is 9.93. The lowest BCUT2D eigenvalue weighted by Crippen LogP contribution is -2.34. The highest BCUT2D eigenvalue weighted by Gasteiger charge is 2.22. The summed E-state index contributed by atoms with van der Waals surface area (Å²) in [4.78, 5) is 11.6. The maximum absolute atomic E-state index is 13.1. The maximum Gasteiger partial charge on any atom is 0.123 e. The van der Waals surface area contributed by atoms with Crippen LogP contribution in [-0.2, 0) is 13.0 Å². The summed E-state index contributed by atoms with van der Waals surface area (Å²) < 4.78 is 13.1. The number of likely N-dealkylation sites (tertiary alicyclic amines) is 1. The summed E-state index contributed by atoms with van der Waals surface area (Å²) in [5.41, 5.74) is 4.56. The lowest BCUT2D eigenvalue weighted by molar-refractivity contribution is 0.198. The van der Waals surface area contributed by atoms with Crippen LogP contribution in [-0.4, -0.2) is 28.0 Å². The molecule has 0 amide bonds. The summed E-state index contributed by atoms with van der Waals surface area (Å²) in [5.74, 6) is 0.264. The lowest BCUT2D eigenvalue weighted by Gasteiger charge is -2.32. The van der Waals surface area contributed by atoms with Gasteiger partial charge >= 0.3 is 0 Å². The smallest absolute Gasteiger partial charge is 0.123 e. The van der Waals surface area contributed by atoms with E-state index >= 15 is 0 Å². The van der Waals surface area contributed by atoms with Gasteiger partial charge in [0.05, 0.1) is 0 Å². The molecule has 0 spiro atoms. The molecule has 0 N–H and O–H groups in total. The van der Waals surface area contributed by atoms with Crippen LogP contribution >= 0.6 is 0 Å². The number of hydrogen-bond acceptors (Lipinski definition) is 3. The van der Waals surface area contributed by atoms with Crippen molar-refractivity contribution in [3.8, 4) is 0 Å². The second-order valence-electron chi connectivity index (χ2n) is 7.29. The van der Waals surface area contributed by atoms with Crippen molar-refractivity contribution in [2.45, 2.75) is 31.7 Å². The van der Waals surface area contributed by atoms with Gasteiger partial charge in [-0.3, -0.25) is 14.9 Å². The molecule has 3 heterocycles. The van der Waals surface area contributed by atoms with Crippen molar-refractivity contribution in [1.82, 2.24) is 14.9 Å². The van der Waals surface area contributed by atoms with Crippen molar-refractivity contribution < 1.29 is 4.39 Å². The highest BCUT2D eigenvalue weighted by atomic mass is 19.1. The summed E-state index contributed by atoms with van der Waals surface area (Å²) in [6.45, 7) is 3.10. The minimum Gasteiger partial charge on any atom is -0.298 e. The first kappa shape index (κ1) is 17.8. The van der Waals surface area contributed by atoms with Gasteiger partial charge in [-0.2, -0.15) is 0 Å². The number of benzene rings is 1. The molecule has 27 heavy (non-hydrogen) atoms. The zero-order chi connectivity index (χ0) is 18.5. The maximum atomic E-state index is 13.1. The van der Waals surface area contributed by atoms with E-state index in [-0.39, 0.29) is 5.82 Å². The predicted molar refractivity (Wildman–Crippen MR) is 105 cm³/mol. The van der Waals surface area contributed by atoms with Gasteiger partial charge in [0, 0.05) is 49.2 Å². The van der Waals surface area contributed by atoms with Crippen LogP contribution in [0.25, 0.3) is 0 Å². The Kier molecular flexibility index (Phi) is 5.54. The Morgan fingerprint density at radius 2 is 1.89 bits per heavy atom. The van der Waals surface area contributed by atoms with Crippen LogP contribution in [0.5, 0.6) is 0 Å². The van der Waals surface area contributed by atoms with Gasteiger partial charge < -0.3 is 0 Å². The van der Waals surface area contributed by atoms with Crippen molar-refractivity contribution in [2.24, 2.45) is 0 Å². The predicted octanol–water partition coefficient (Wildman–Crippen LogP) is 4.59. The number of aromatic nitrogens is 2. The summed E-state index contributed by atoms with van der Waals surface area (Å²) in [6.07, 6.45) is 6.87. The second-order valence-corrected chi connectivity index (χ2v) is 7.29. The first-order valence-electron chi connectivity index (χ1n) is 9.58. The quantitative estimate of drug-likeness (QED) is 0.666. The van der Waals surface area contributed by atoms with Gasteiger partial charge in [0.25, 0.3) is 0 Å². The van der Waals surface area contributed by atoms with E-state index in [1.165, 1.54) is 36.2 Å². The topological polar surface area (TPSA) is 29.0 Å². The van der Waals surface area contributed by atoms with E-state index in [4.69, 9.17) is 4.98 Å². The van der Waals surface area contributed by atoms with Crippen molar-refractivity contribution in [1.29, 1.82) is 0 Å². The zero-order valence-electron chi connectivity index (χ0n) is 15.4. The van der Waals surface area contributed by atoms with Crippen LogP contribution in [0, 0.1) is 5.82 Å². The highest BCUT2D eigenvalue weighted by molar-refractivity contribution is 5.24. The van der Waals surface area contributed by atoms with Crippen molar-refractivity contribution in [3.05, 3.63) is 95.3 Å². The minimum absolute atomic E-state index is 0.198. The summed E-state index contributed by atoms with van der Waals surface area (Å²) in [6, 6.07) is 17.1. The Balaban J connectivity index is 1.43. The minimum atomic E-state index is -0.198. The van der Waals surface area contributed by atoms with Crippen LogP contribution in [0.3, 0.4) is 0 Å². The Morgan fingerprint density at radius 3 is 2.70 bits per heavy atom. The number of halogens is 1. The van der Waals surface area contributed by atoms with Gasteiger partial charge in [-0.1, -0.05) is 24.3 Å². The van der Waals surface area contributed by atoms with Crippen LogP contribution in [0.15, 0.2) is 67.0 Å². The van der Waals surface area contributed by atoms with Gasteiger partial charge in [0.1, 0.15) is 5.82 Å². The molecule has 1 fully saturated rings. The van der Waals surface area contributed by atoms with Crippen LogP contribution < -0.4 is 0 Å². The van der Waals surface area contributed by atoms with E-state index in [1.54, 1.807) is 0 Å². The fraction of sp³-hybridized carbons (Fsp3) is 0.304. The van der Waals surface area contributed by atoms with E-state index in [0.717, 1.165) is 37.3 Å². The highest BCUT2D eigenvalue weighted by Crippen LogP contribution is 2.27. The van der Waals surface area contributed by atoms with Crippen LogP contribution in [0.1, 0.15) is 41.3 Å². The van der Waals surface area contributed by atoms with Crippen LogP contribution in [0.4, 0.5) is 4.39 Å². The fourth-order valence-electron chi connectivity index (χ4n) is 3.83. The standard InChI is InChI=1S/C23H24FN3/c24-21-10-8-18(9-11-21)14-22-6-1-7-23(26-22)20-5-3-13-27(17-20)16-19-4-2-12-25-15-19/h1-2,4,6-12,15,20H,3,5,13-14,16-17H2/t20-/m1/s1. The van der Waals surface area contributed by atoms with Gasteiger partial charge in [-0.15, -0.1) is 0 Å². The fourth-order valence-corrected chi connectivity index (χ4v) is 3.83. The van der Waals surface area contributed by atoms with Crippen LogP contribution in [0.2, 0.25) is 0 Å². The number of hydrogen-bond donors (Lipinski definition) is 0. The molecule has 3 aromatic rings. The van der Waals surface area contributed by atoms with Crippen molar-refractivity contribution in [2.75, 3.05) is 13.1 Å². The van der Waals surface area contributed by atoms with E-state index < -0.39 is 0 Å². The zero-order valence-corrected chi connectivity index (χ0v) is 15.4. The number of rotatable bonds is 5. The molecule has 3 nitrogen and oxygen atoms in total. The number of pyridine rings is 2. The first-order chi connectivity index (χ1) is 13.3. The van der Waals surface area contributed by atoms with Gasteiger partial charge in [0.15, 0.2) is 0 Å². The SMILES string of the molecule is Fc1ccc(Cc2cccc([C@@H]3CCCN(Cc4cccnc4)C3)n2)cc1. The molecule has 1 aliphatic rings. The van der Waals surface area contributed by atoms with E-state index in [9.17, 15) is 4.39 Å². The Bertz CT molecular complexity index is 864. The molecule has 0 aliphatic carbocycles. The second kappa shape index (κ2) is 8.40. The molecular weight excluding hydrogens is 337 g/mol. The average Bonchev–Trinajstić information content (AvgIpc) is 2.71. The van der Waals surface area contributed by atoms with E-state index in [2.05, 4.69) is 34.1 Å². The molecule has 138 valence electrons. The molecule has 0 saturated carbocycles. The molecule has 0 bridgehead atoms. The first-order valence-corrected chi connectivity index (χ1v) is 9.58. The molecule has 1 aliphatic heterocycles. The number of nitrogens with zero attached hydrogens (tertiary/aromatic N) is 3. The number of piperidine rings is 1. The van der Waals surface area contributed by atoms with Gasteiger partial charge in [-0.05, 0) is 60.8 Å². The molecule has 0 radical (unpaired) electrons.